The molecule has 1 aromatic heterocycles. The fourth-order valence-electron chi connectivity index (χ4n) is 3.60. The Morgan fingerprint density at radius 2 is 1.90 bits per heavy atom. The summed E-state index contributed by atoms with van der Waals surface area (Å²) in [7, 11) is 1.36. The van der Waals surface area contributed by atoms with Crippen molar-refractivity contribution in [3.8, 4) is 11.1 Å². The molecule has 2 N–H and O–H groups in total. The van der Waals surface area contributed by atoms with Crippen LogP contribution in [-0.4, -0.2) is 42.4 Å². The van der Waals surface area contributed by atoms with Gasteiger partial charge in [0, 0.05) is 17.6 Å². The van der Waals surface area contributed by atoms with Crippen LogP contribution in [0, 0.1) is 6.92 Å². The van der Waals surface area contributed by atoms with Crippen LogP contribution in [0.25, 0.3) is 22.0 Å². The highest BCUT2D eigenvalue weighted by Gasteiger charge is 2.21. The number of hydrogen-bond donors (Lipinski definition) is 2. The third-order valence-electron chi connectivity index (χ3n) is 4.94. The van der Waals surface area contributed by atoms with E-state index in [-0.39, 0.29) is 19.2 Å². The number of rotatable bonds is 7. The molecule has 0 unspecified atom stereocenters. The molecule has 0 saturated carbocycles. The van der Waals surface area contributed by atoms with Gasteiger partial charge in [-0.3, -0.25) is 0 Å². The van der Waals surface area contributed by atoms with Gasteiger partial charge in [0.2, 0.25) is 0 Å². The van der Waals surface area contributed by atoms with Crippen LogP contribution in [0.15, 0.2) is 36.4 Å². The average molecular weight is 395 g/mol. The minimum Gasteiger partial charge on any atom is -0.465 e. The van der Waals surface area contributed by atoms with Crippen molar-refractivity contribution < 1.29 is 24.2 Å². The van der Waals surface area contributed by atoms with Gasteiger partial charge in [0.25, 0.3) is 0 Å². The third kappa shape index (κ3) is 4.03. The van der Waals surface area contributed by atoms with Gasteiger partial charge in [0.1, 0.15) is 5.69 Å². The van der Waals surface area contributed by atoms with E-state index in [2.05, 4.69) is 4.98 Å². The number of para-hydroxylation sites is 1. The van der Waals surface area contributed by atoms with Crippen molar-refractivity contribution in [3.63, 3.8) is 0 Å². The Morgan fingerprint density at radius 3 is 2.55 bits per heavy atom. The number of aromatic amines is 1. The zero-order valence-corrected chi connectivity index (χ0v) is 16.9. The Morgan fingerprint density at radius 1 is 1.10 bits per heavy atom. The van der Waals surface area contributed by atoms with Crippen molar-refractivity contribution in [2.24, 2.45) is 0 Å². The fourth-order valence-corrected chi connectivity index (χ4v) is 3.60. The first-order valence-electron chi connectivity index (χ1n) is 9.62. The molecule has 3 aromatic rings. The molecule has 6 nitrogen and oxygen atoms in total. The molecule has 152 valence electrons. The first kappa shape index (κ1) is 20.6. The maximum absolute atomic E-state index is 12.5. The Balaban J connectivity index is 2.17. The lowest BCUT2D eigenvalue weighted by Gasteiger charge is -2.09. The van der Waals surface area contributed by atoms with Crippen molar-refractivity contribution in [1.29, 1.82) is 0 Å². The van der Waals surface area contributed by atoms with E-state index < -0.39 is 5.97 Å². The number of carbonyl (C=O) groups excluding carboxylic acids is 2. The number of fused-ring (bicyclic) bond motifs is 1. The van der Waals surface area contributed by atoms with Gasteiger partial charge >= 0.3 is 11.9 Å². The van der Waals surface area contributed by atoms with Crippen LogP contribution in [0.5, 0.6) is 0 Å². The smallest absolute Gasteiger partial charge is 0.355 e. The van der Waals surface area contributed by atoms with Gasteiger partial charge in [-0.15, -0.1) is 0 Å². The molecule has 0 spiro atoms. The number of esters is 2. The Hall–Kier alpha value is -3.12. The number of H-pyrrole nitrogens is 1. The predicted molar refractivity (Wildman–Crippen MR) is 111 cm³/mol. The molecule has 0 saturated heterocycles. The van der Waals surface area contributed by atoms with Crippen LogP contribution < -0.4 is 0 Å². The van der Waals surface area contributed by atoms with Gasteiger partial charge in [0.05, 0.1) is 24.8 Å². The van der Waals surface area contributed by atoms with E-state index in [1.807, 2.05) is 31.2 Å². The molecule has 3 rings (SSSR count). The standard InChI is InChI=1S/C23H25NO5/c1-4-29-23(27)21-19(9-6-12-25)18-8-5-7-17(20(18)24-21)16-11-10-15(13-14(16)2)22(26)28-3/h5,7-8,10-11,13,24-25H,4,6,9,12H2,1-3H3. The summed E-state index contributed by atoms with van der Waals surface area (Å²) in [5.41, 5.74) is 5.39. The van der Waals surface area contributed by atoms with Gasteiger partial charge in [-0.1, -0.05) is 24.3 Å². The number of benzene rings is 2. The lowest BCUT2D eigenvalue weighted by molar-refractivity contribution is 0.0518. The highest BCUT2D eigenvalue weighted by Crippen LogP contribution is 2.34. The van der Waals surface area contributed by atoms with Crippen LogP contribution in [0.1, 0.15) is 45.3 Å². The molecular weight excluding hydrogens is 370 g/mol. The van der Waals surface area contributed by atoms with Crippen molar-refractivity contribution in [2.75, 3.05) is 20.3 Å². The second-order valence-electron chi connectivity index (χ2n) is 6.78. The van der Waals surface area contributed by atoms with Crippen molar-refractivity contribution in [1.82, 2.24) is 4.98 Å². The fraction of sp³-hybridized carbons (Fsp3) is 0.304. The summed E-state index contributed by atoms with van der Waals surface area (Å²) in [6, 6.07) is 11.3. The molecule has 29 heavy (non-hydrogen) atoms. The molecule has 0 aliphatic carbocycles. The van der Waals surface area contributed by atoms with Gasteiger partial charge in [0.15, 0.2) is 0 Å². The summed E-state index contributed by atoms with van der Waals surface area (Å²) >= 11 is 0. The number of nitrogens with one attached hydrogen (secondary N) is 1. The minimum absolute atomic E-state index is 0.0444. The summed E-state index contributed by atoms with van der Waals surface area (Å²) in [6.07, 6.45) is 1.12. The number of aliphatic hydroxyl groups excluding tert-OH is 1. The Labute approximate surface area is 169 Å². The normalized spacial score (nSPS) is 10.9. The molecule has 6 heteroatoms. The number of hydrogen-bond acceptors (Lipinski definition) is 5. The second kappa shape index (κ2) is 8.92. The Kier molecular flexibility index (Phi) is 6.34. The highest BCUT2D eigenvalue weighted by atomic mass is 16.5. The number of methoxy groups -OCH3 is 1. The molecule has 0 fully saturated rings. The summed E-state index contributed by atoms with van der Waals surface area (Å²) in [5, 5.41) is 10.2. The van der Waals surface area contributed by atoms with E-state index in [1.54, 1.807) is 19.1 Å². The van der Waals surface area contributed by atoms with Crippen molar-refractivity contribution in [3.05, 3.63) is 58.8 Å². The highest BCUT2D eigenvalue weighted by molar-refractivity contribution is 6.04. The molecule has 1 heterocycles. The van der Waals surface area contributed by atoms with Gasteiger partial charge in [-0.05, 0) is 55.5 Å². The lowest BCUT2D eigenvalue weighted by atomic mass is 9.95. The van der Waals surface area contributed by atoms with Crippen LogP contribution >= 0.6 is 0 Å². The van der Waals surface area contributed by atoms with E-state index >= 15 is 0 Å². The zero-order chi connectivity index (χ0) is 21.0. The number of carbonyl (C=O) groups is 2. The van der Waals surface area contributed by atoms with Crippen LogP contribution in [-0.2, 0) is 15.9 Å². The molecule has 0 bridgehead atoms. The van der Waals surface area contributed by atoms with Crippen molar-refractivity contribution >= 4 is 22.8 Å². The molecular formula is C23H25NO5. The topological polar surface area (TPSA) is 88.6 Å². The minimum atomic E-state index is -0.402. The molecule has 0 aliphatic rings. The second-order valence-corrected chi connectivity index (χ2v) is 6.78. The Bertz CT molecular complexity index is 1050. The maximum Gasteiger partial charge on any atom is 0.355 e. The quantitative estimate of drug-likeness (QED) is 0.590. The van der Waals surface area contributed by atoms with Gasteiger partial charge in [-0.2, -0.15) is 0 Å². The van der Waals surface area contributed by atoms with Gasteiger partial charge in [-0.25, -0.2) is 9.59 Å². The first-order chi connectivity index (χ1) is 14.0. The number of ether oxygens (including phenoxy) is 2. The summed E-state index contributed by atoms with van der Waals surface area (Å²) < 4.78 is 10.0. The SMILES string of the molecule is CCOC(=O)c1[nH]c2c(-c3ccc(C(=O)OC)cc3C)cccc2c1CCCO. The van der Waals surface area contributed by atoms with E-state index in [4.69, 9.17) is 9.47 Å². The largest absolute Gasteiger partial charge is 0.465 e. The molecule has 0 radical (unpaired) electrons. The molecule has 0 aliphatic heterocycles. The average Bonchev–Trinajstić information content (AvgIpc) is 3.10. The predicted octanol–water partition coefficient (Wildman–Crippen LogP) is 4.03. The van der Waals surface area contributed by atoms with Gasteiger partial charge < -0.3 is 19.6 Å². The lowest BCUT2D eigenvalue weighted by Crippen LogP contribution is -2.08. The van der Waals surface area contributed by atoms with E-state index in [0.29, 0.717) is 24.1 Å². The summed E-state index contributed by atoms with van der Waals surface area (Å²) in [6.45, 7) is 4.03. The number of aryl methyl sites for hydroxylation is 2. The first-order valence-corrected chi connectivity index (χ1v) is 9.62. The zero-order valence-electron chi connectivity index (χ0n) is 16.9. The molecule has 0 atom stereocenters. The summed E-state index contributed by atoms with van der Waals surface area (Å²) in [4.78, 5) is 27.6. The molecule has 0 amide bonds. The summed E-state index contributed by atoms with van der Waals surface area (Å²) in [5.74, 6) is -0.783. The monoisotopic (exact) mass is 395 g/mol. The van der Waals surface area contributed by atoms with Crippen LogP contribution in [0.2, 0.25) is 0 Å². The third-order valence-corrected chi connectivity index (χ3v) is 4.94. The number of aliphatic hydroxyl groups is 1. The van der Waals surface area contributed by atoms with E-state index in [0.717, 1.165) is 33.2 Å². The van der Waals surface area contributed by atoms with E-state index in [1.165, 1.54) is 7.11 Å². The molecule has 2 aromatic carbocycles. The van der Waals surface area contributed by atoms with Crippen molar-refractivity contribution in [2.45, 2.75) is 26.7 Å². The van der Waals surface area contributed by atoms with E-state index in [9.17, 15) is 14.7 Å². The van der Waals surface area contributed by atoms with Crippen LogP contribution in [0.3, 0.4) is 0 Å². The number of aromatic nitrogens is 1. The van der Waals surface area contributed by atoms with Crippen LogP contribution in [0.4, 0.5) is 0 Å². The maximum atomic E-state index is 12.5.